The second kappa shape index (κ2) is 9.29. The highest BCUT2D eigenvalue weighted by atomic mass is 79.9. The summed E-state index contributed by atoms with van der Waals surface area (Å²) in [6.07, 6.45) is 1.89. The fourth-order valence-electron chi connectivity index (χ4n) is 3.10. The standard InChI is InChI=1S/C24H18BrClO3S/c1-2-28-20-12-16(13-22-23(27)18-5-3-4-6-21(18)30-22)11-19(25)24(20)29-14-15-7-9-17(26)10-8-15/h3-13H,2,14H2,1H3/b22-13-. The third-order valence-corrected chi connectivity index (χ3v) is 6.44. The second-order valence-corrected chi connectivity index (χ2v) is 8.99. The van der Waals surface area contributed by atoms with Crippen molar-refractivity contribution in [2.24, 2.45) is 0 Å². The Kier molecular flexibility index (Phi) is 6.52. The van der Waals surface area contributed by atoms with E-state index in [1.807, 2.05) is 73.7 Å². The molecule has 0 fully saturated rings. The molecule has 0 unspecified atom stereocenters. The van der Waals surface area contributed by atoms with Gasteiger partial charge in [-0.05, 0) is 76.5 Å². The van der Waals surface area contributed by atoms with Crippen LogP contribution < -0.4 is 9.47 Å². The Labute approximate surface area is 193 Å². The predicted molar refractivity (Wildman–Crippen MR) is 126 cm³/mol. The lowest BCUT2D eigenvalue weighted by molar-refractivity contribution is 0.104. The first-order valence-electron chi connectivity index (χ1n) is 9.42. The number of Topliss-reactive ketones (excluding diaryl/α,β-unsaturated/α-hetero) is 1. The fraction of sp³-hybridized carbons (Fsp3) is 0.125. The summed E-state index contributed by atoms with van der Waals surface area (Å²) in [4.78, 5) is 14.4. The van der Waals surface area contributed by atoms with Gasteiger partial charge in [0, 0.05) is 15.5 Å². The lowest BCUT2D eigenvalue weighted by Crippen LogP contribution is -2.01. The number of allylic oxidation sites excluding steroid dienone is 1. The first kappa shape index (κ1) is 21.0. The van der Waals surface area contributed by atoms with E-state index in [0.29, 0.717) is 34.6 Å². The van der Waals surface area contributed by atoms with Crippen LogP contribution in [0.5, 0.6) is 11.5 Å². The molecule has 1 aliphatic heterocycles. The van der Waals surface area contributed by atoms with E-state index in [9.17, 15) is 4.79 Å². The van der Waals surface area contributed by atoms with Gasteiger partial charge in [-0.3, -0.25) is 4.79 Å². The van der Waals surface area contributed by atoms with Crippen LogP contribution in [0, 0.1) is 0 Å². The summed E-state index contributed by atoms with van der Waals surface area (Å²) in [5.41, 5.74) is 2.62. The number of thioether (sulfide) groups is 1. The smallest absolute Gasteiger partial charge is 0.200 e. The van der Waals surface area contributed by atoms with Gasteiger partial charge in [-0.15, -0.1) is 0 Å². The third-order valence-electron chi connectivity index (χ3n) is 4.50. The van der Waals surface area contributed by atoms with Crippen LogP contribution in [-0.4, -0.2) is 12.4 Å². The summed E-state index contributed by atoms with van der Waals surface area (Å²) in [5, 5.41) is 0.689. The molecule has 1 heterocycles. The van der Waals surface area contributed by atoms with Gasteiger partial charge < -0.3 is 9.47 Å². The molecule has 4 rings (SSSR count). The third kappa shape index (κ3) is 4.59. The number of benzene rings is 3. The second-order valence-electron chi connectivity index (χ2n) is 6.61. The van der Waals surface area contributed by atoms with Gasteiger partial charge in [-0.2, -0.15) is 0 Å². The maximum absolute atomic E-state index is 12.7. The maximum atomic E-state index is 12.7. The van der Waals surface area contributed by atoms with Gasteiger partial charge in [0.25, 0.3) is 0 Å². The Morgan fingerprint density at radius 2 is 1.83 bits per heavy atom. The highest BCUT2D eigenvalue weighted by molar-refractivity contribution is 9.10. The van der Waals surface area contributed by atoms with E-state index in [1.54, 1.807) is 0 Å². The van der Waals surface area contributed by atoms with Gasteiger partial charge >= 0.3 is 0 Å². The van der Waals surface area contributed by atoms with Crippen LogP contribution in [0.15, 0.2) is 74.9 Å². The molecule has 0 amide bonds. The van der Waals surface area contributed by atoms with Crippen LogP contribution in [0.3, 0.4) is 0 Å². The van der Waals surface area contributed by atoms with Crippen LogP contribution in [0.25, 0.3) is 6.08 Å². The van der Waals surface area contributed by atoms with E-state index in [-0.39, 0.29) is 5.78 Å². The minimum atomic E-state index is 0.0488. The summed E-state index contributed by atoms with van der Waals surface area (Å²) in [6, 6.07) is 19.0. The normalized spacial score (nSPS) is 14.1. The van der Waals surface area contributed by atoms with E-state index >= 15 is 0 Å². The van der Waals surface area contributed by atoms with Crippen molar-refractivity contribution in [3.63, 3.8) is 0 Å². The van der Waals surface area contributed by atoms with E-state index in [0.717, 1.165) is 26.1 Å². The van der Waals surface area contributed by atoms with Crippen LogP contribution in [0.1, 0.15) is 28.4 Å². The number of carbonyl (C=O) groups is 1. The van der Waals surface area contributed by atoms with Crippen molar-refractivity contribution >= 4 is 51.2 Å². The SMILES string of the molecule is CCOc1cc(/C=C2\Sc3ccccc3C2=O)cc(Br)c1OCc1ccc(Cl)cc1. The fourth-order valence-corrected chi connectivity index (χ4v) is 4.85. The maximum Gasteiger partial charge on any atom is 0.200 e. The number of rotatable bonds is 6. The molecule has 152 valence electrons. The molecule has 3 aromatic carbocycles. The average molecular weight is 502 g/mol. The predicted octanol–water partition coefficient (Wildman–Crippen LogP) is 7.41. The van der Waals surface area contributed by atoms with Gasteiger partial charge in [0.05, 0.1) is 16.0 Å². The van der Waals surface area contributed by atoms with Gasteiger partial charge in [-0.1, -0.05) is 47.6 Å². The molecule has 6 heteroatoms. The molecule has 30 heavy (non-hydrogen) atoms. The lowest BCUT2D eigenvalue weighted by Gasteiger charge is -2.15. The number of ether oxygens (including phenoxy) is 2. The Balaban J connectivity index is 1.60. The zero-order valence-electron chi connectivity index (χ0n) is 16.2. The minimum absolute atomic E-state index is 0.0488. The van der Waals surface area contributed by atoms with Crippen LogP contribution >= 0.6 is 39.3 Å². The highest BCUT2D eigenvalue weighted by Crippen LogP contribution is 2.42. The Bertz CT molecular complexity index is 1130. The first-order chi connectivity index (χ1) is 14.5. The molecule has 0 saturated carbocycles. The molecule has 3 aromatic rings. The average Bonchev–Trinajstić information content (AvgIpc) is 3.04. The van der Waals surface area contributed by atoms with E-state index < -0.39 is 0 Å². The number of halogens is 2. The van der Waals surface area contributed by atoms with E-state index in [1.165, 1.54) is 11.8 Å². The van der Waals surface area contributed by atoms with Crippen molar-refractivity contribution in [1.29, 1.82) is 0 Å². The molecule has 0 atom stereocenters. The quantitative estimate of drug-likeness (QED) is 0.329. The molecular formula is C24H18BrClO3S. The van der Waals surface area contributed by atoms with Gasteiger partial charge in [-0.25, -0.2) is 0 Å². The number of hydrogen-bond acceptors (Lipinski definition) is 4. The largest absolute Gasteiger partial charge is 0.490 e. The van der Waals surface area contributed by atoms with Gasteiger partial charge in [0.1, 0.15) is 6.61 Å². The molecule has 0 aromatic heterocycles. The molecule has 0 saturated heterocycles. The number of ketones is 1. The summed E-state index contributed by atoms with van der Waals surface area (Å²) < 4.78 is 12.6. The van der Waals surface area contributed by atoms with Crippen LogP contribution in [0.4, 0.5) is 0 Å². The van der Waals surface area contributed by atoms with Crippen molar-refractivity contribution in [1.82, 2.24) is 0 Å². The molecule has 0 radical (unpaired) electrons. The van der Waals surface area contributed by atoms with Crippen LogP contribution in [-0.2, 0) is 6.61 Å². The zero-order chi connectivity index (χ0) is 21.1. The van der Waals surface area contributed by atoms with E-state index in [4.69, 9.17) is 21.1 Å². The number of hydrogen-bond donors (Lipinski definition) is 0. The molecule has 3 nitrogen and oxygen atoms in total. The minimum Gasteiger partial charge on any atom is -0.490 e. The highest BCUT2D eigenvalue weighted by Gasteiger charge is 2.25. The van der Waals surface area contributed by atoms with Crippen molar-refractivity contribution < 1.29 is 14.3 Å². The van der Waals surface area contributed by atoms with E-state index in [2.05, 4.69) is 15.9 Å². The Morgan fingerprint density at radius 3 is 2.57 bits per heavy atom. The Hall–Kier alpha value is -2.21. The van der Waals surface area contributed by atoms with Crippen molar-refractivity contribution in [3.05, 3.63) is 91.8 Å². The molecule has 1 aliphatic rings. The van der Waals surface area contributed by atoms with Crippen molar-refractivity contribution in [2.45, 2.75) is 18.4 Å². The van der Waals surface area contributed by atoms with Crippen LogP contribution in [0.2, 0.25) is 5.02 Å². The summed E-state index contributed by atoms with van der Waals surface area (Å²) in [6.45, 7) is 2.82. The molecular weight excluding hydrogens is 484 g/mol. The molecule has 0 N–H and O–H groups in total. The molecule has 0 bridgehead atoms. The van der Waals surface area contributed by atoms with Gasteiger partial charge in [0.2, 0.25) is 5.78 Å². The monoisotopic (exact) mass is 500 g/mol. The zero-order valence-corrected chi connectivity index (χ0v) is 19.3. The van der Waals surface area contributed by atoms with Crippen molar-refractivity contribution in [2.75, 3.05) is 6.61 Å². The molecule has 0 aliphatic carbocycles. The topological polar surface area (TPSA) is 35.5 Å². The number of carbonyl (C=O) groups excluding carboxylic acids is 1. The first-order valence-corrected chi connectivity index (χ1v) is 11.4. The lowest BCUT2D eigenvalue weighted by atomic mass is 10.1. The molecule has 0 spiro atoms. The van der Waals surface area contributed by atoms with Gasteiger partial charge in [0.15, 0.2) is 11.5 Å². The number of fused-ring (bicyclic) bond motifs is 1. The Morgan fingerprint density at radius 1 is 1.07 bits per heavy atom. The summed E-state index contributed by atoms with van der Waals surface area (Å²) in [7, 11) is 0. The summed E-state index contributed by atoms with van der Waals surface area (Å²) in [5.74, 6) is 1.30. The summed E-state index contributed by atoms with van der Waals surface area (Å²) >= 11 is 11.0. The van der Waals surface area contributed by atoms with Crippen molar-refractivity contribution in [3.8, 4) is 11.5 Å².